The Labute approximate surface area is 345 Å². The Balaban J connectivity index is 4.34. The fourth-order valence-electron chi connectivity index (χ4n) is 6.30. The monoisotopic (exact) mass is 815 g/mol. The normalized spacial score (nSPS) is 13.8. The van der Waals surface area contributed by atoms with Crippen molar-refractivity contribution in [2.75, 3.05) is 47.5 Å². The van der Waals surface area contributed by atoms with Crippen LogP contribution in [0.1, 0.15) is 206 Å². The molecule has 56 heavy (non-hydrogen) atoms. The summed E-state index contributed by atoms with van der Waals surface area (Å²) in [6.07, 6.45) is 42.2. The maximum Gasteiger partial charge on any atom is 0.472 e. The Kier molecular flexibility index (Phi) is 37.9. The van der Waals surface area contributed by atoms with Gasteiger partial charge in [-0.2, -0.15) is 0 Å². The van der Waals surface area contributed by atoms with E-state index in [4.69, 9.17) is 18.5 Å². The van der Waals surface area contributed by atoms with E-state index in [-0.39, 0.29) is 25.6 Å². The molecule has 1 N–H and O–H groups in total. The van der Waals surface area contributed by atoms with Crippen LogP contribution < -0.4 is 0 Å². The standard InChI is InChI=1S/C46H88NO8P/c1-6-8-10-12-14-16-18-20-22-23-25-27-29-31-33-35-37-39-46(49)55-44(43-54-56(50,51)53-41-40-47(3,4)5)42-52-45(48)38-36-34-32-30-28-26-24-21-19-17-15-13-11-9-7-2/h14,16,25,27,44H,6-13,15,17-24,26,28-43H2,1-5H3/p+1/b16-14-,27-25-/t44-/m1/s1. The second-order valence-corrected chi connectivity index (χ2v) is 18.2. The summed E-state index contributed by atoms with van der Waals surface area (Å²) < 4.78 is 34.3. The highest BCUT2D eigenvalue weighted by Gasteiger charge is 2.27. The van der Waals surface area contributed by atoms with E-state index >= 15 is 0 Å². The third kappa shape index (κ3) is 42.1. The molecular formula is C46H89NO8P+. The number of unbranched alkanes of at least 4 members (excludes halogenated alkanes) is 24. The lowest BCUT2D eigenvalue weighted by Gasteiger charge is -2.24. The Bertz CT molecular complexity index is 1010. The zero-order valence-electron chi connectivity index (χ0n) is 37.1. The molecule has 0 heterocycles. The van der Waals surface area contributed by atoms with Crippen LogP contribution in [-0.4, -0.2) is 74.9 Å². The first-order chi connectivity index (χ1) is 27.0. The summed E-state index contributed by atoms with van der Waals surface area (Å²) in [4.78, 5) is 35.4. The number of hydrogen-bond donors (Lipinski definition) is 1. The van der Waals surface area contributed by atoms with Crippen molar-refractivity contribution in [2.45, 2.75) is 213 Å². The van der Waals surface area contributed by atoms with E-state index in [9.17, 15) is 19.0 Å². The maximum atomic E-state index is 12.7. The topological polar surface area (TPSA) is 108 Å². The minimum Gasteiger partial charge on any atom is -0.462 e. The Hall–Kier alpha value is -1.51. The Morgan fingerprint density at radius 1 is 0.536 bits per heavy atom. The number of carbonyl (C=O) groups is 2. The molecule has 10 heteroatoms. The number of carbonyl (C=O) groups excluding carboxylic acids is 2. The summed E-state index contributed by atoms with van der Waals surface area (Å²) in [5.74, 6) is -0.807. The molecule has 0 aliphatic rings. The summed E-state index contributed by atoms with van der Waals surface area (Å²) in [5, 5.41) is 0. The van der Waals surface area contributed by atoms with Gasteiger partial charge in [0.15, 0.2) is 6.10 Å². The number of allylic oxidation sites excluding steroid dienone is 4. The molecule has 2 atom stereocenters. The van der Waals surface area contributed by atoms with Crippen LogP contribution in [0.15, 0.2) is 24.3 Å². The highest BCUT2D eigenvalue weighted by Crippen LogP contribution is 2.43. The van der Waals surface area contributed by atoms with Crippen LogP contribution in [0.2, 0.25) is 0 Å². The molecule has 0 fully saturated rings. The average molecular weight is 815 g/mol. The highest BCUT2D eigenvalue weighted by atomic mass is 31.2. The number of rotatable bonds is 42. The van der Waals surface area contributed by atoms with Gasteiger partial charge in [-0.25, -0.2) is 4.57 Å². The second kappa shape index (κ2) is 39.0. The molecule has 0 radical (unpaired) electrons. The van der Waals surface area contributed by atoms with Gasteiger partial charge in [0.05, 0.1) is 27.7 Å². The van der Waals surface area contributed by atoms with E-state index in [2.05, 4.69) is 38.2 Å². The van der Waals surface area contributed by atoms with Crippen molar-refractivity contribution in [3.05, 3.63) is 24.3 Å². The first-order valence-corrected chi connectivity index (χ1v) is 24.6. The minimum atomic E-state index is -4.38. The molecule has 0 saturated carbocycles. The molecule has 0 amide bonds. The number of phosphoric ester groups is 1. The van der Waals surface area contributed by atoms with Gasteiger partial charge in [0.2, 0.25) is 0 Å². The summed E-state index contributed by atoms with van der Waals surface area (Å²) in [6.45, 7) is 4.41. The molecule has 0 bridgehead atoms. The van der Waals surface area contributed by atoms with Crippen molar-refractivity contribution in [3.63, 3.8) is 0 Å². The van der Waals surface area contributed by atoms with Crippen LogP contribution in [-0.2, 0) is 32.7 Å². The minimum absolute atomic E-state index is 0.0306. The summed E-state index contributed by atoms with van der Waals surface area (Å²) in [5.41, 5.74) is 0. The van der Waals surface area contributed by atoms with Gasteiger partial charge in [-0.15, -0.1) is 0 Å². The number of hydrogen-bond acceptors (Lipinski definition) is 7. The molecule has 0 spiro atoms. The van der Waals surface area contributed by atoms with Crippen molar-refractivity contribution in [2.24, 2.45) is 0 Å². The lowest BCUT2D eigenvalue weighted by atomic mass is 10.0. The summed E-state index contributed by atoms with van der Waals surface area (Å²) in [6, 6.07) is 0. The van der Waals surface area contributed by atoms with Gasteiger partial charge in [-0.1, -0.05) is 154 Å². The van der Waals surface area contributed by atoms with Gasteiger partial charge < -0.3 is 18.9 Å². The van der Waals surface area contributed by atoms with Crippen LogP contribution in [0, 0.1) is 0 Å². The number of likely N-dealkylation sites (N-methyl/N-ethyl adjacent to an activating group) is 1. The molecule has 0 aromatic carbocycles. The first kappa shape index (κ1) is 54.5. The molecule has 0 rings (SSSR count). The van der Waals surface area contributed by atoms with Crippen molar-refractivity contribution in [1.82, 2.24) is 0 Å². The van der Waals surface area contributed by atoms with Gasteiger partial charge in [0, 0.05) is 12.8 Å². The Morgan fingerprint density at radius 3 is 1.38 bits per heavy atom. The average Bonchev–Trinajstić information content (AvgIpc) is 3.15. The summed E-state index contributed by atoms with van der Waals surface area (Å²) >= 11 is 0. The second-order valence-electron chi connectivity index (χ2n) is 16.8. The van der Waals surface area contributed by atoms with Crippen LogP contribution in [0.5, 0.6) is 0 Å². The van der Waals surface area contributed by atoms with E-state index in [1.807, 2.05) is 21.1 Å². The molecule has 0 aliphatic carbocycles. The van der Waals surface area contributed by atoms with Crippen LogP contribution in [0.25, 0.3) is 0 Å². The van der Waals surface area contributed by atoms with E-state index in [1.165, 1.54) is 122 Å². The van der Waals surface area contributed by atoms with Crippen molar-refractivity contribution in [3.8, 4) is 0 Å². The number of phosphoric acid groups is 1. The molecule has 0 saturated heterocycles. The van der Waals surface area contributed by atoms with Crippen molar-refractivity contribution in [1.29, 1.82) is 0 Å². The smallest absolute Gasteiger partial charge is 0.462 e. The lowest BCUT2D eigenvalue weighted by Crippen LogP contribution is -2.37. The summed E-state index contributed by atoms with van der Waals surface area (Å²) in [7, 11) is 1.47. The fraction of sp³-hybridized carbons (Fsp3) is 0.870. The number of esters is 2. The zero-order chi connectivity index (χ0) is 41.4. The van der Waals surface area contributed by atoms with Gasteiger partial charge in [0.25, 0.3) is 0 Å². The number of quaternary nitrogens is 1. The van der Waals surface area contributed by atoms with Crippen molar-refractivity contribution < 1.29 is 42.1 Å². The van der Waals surface area contributed by atoms with Crippen LogP contribution in [0.4, 0.5) is 0 Å². The molecule has 9 nitrogen and oxygen atoms in total. The zero-order valence-corrected chi connectivity index (χ0v) is 38.0. The van der Waals surface area contributed by atoms with Crippen LogP contribution in [0.3, 0.4) is 0 Å². The molecule has 1 unspecified atom stereocenters. The highest BCUT2D eigenvalue weighted by molar-refractivity contribution is 7.47. The van der Waals surface area contributed by atoms with Crippen LogP contribution >= 0.6 is 7.82 Å². The SMILES string of the molecule is CCCCC/C=C\CCCC/C=C\CCCCCCC(=O)O[C@H](COC(=O)CCCCCCCCCCCCCCCCC)COP(=O)(O)OCC[N+](C)(C)C. The van der Waals surface area contributed by atoms with Gasteiger partial charge in [-0.05, 0) is 64.2 Å². The quantitative estimate of drug-likeness (QED) is 0.0213. The molecule has 330 valence electrons. The van der Waals surface area contributed by atoms with Gasteiger partial charge in [-0.3, -0.25) is 18.6 Å². The van der Waals surface area contributed by atoms with E-state index in [0.29, 0.717) is 23.9 Å². The van der Waals surface area contributed by atoms with E-state index in [1.54, 1.807) is 0 Å². The van der Waals surface area contributed by atoms with E-state index < -0.39 is 26.5 Å². The molecular weight excluding hydrogens is 725 g/mol. The number of nitrogens with zero attached hydrogens (tertiary/aromatic N) is 1. The van der Waals surface area contributed by atoms with Gasteiger partial charge >= 0.3 is 19.8 Å². The fourth-order valence-corrected chi connectivity index (χ4v) is 7.04. The molecule has 0 aromatic heterocycles. The number of ether oxygens (including phenoxy) is 2. The lowest BCUT2D eigenvalue weighted by molar-refractivity contribution is -0.870. The third-order valence-electron chi connectivity index (χ3n) is 9.95. The molecule has 0 aromatic rings. The Morgan fingerprint density at radius 2 is 0.911 bits per heavy atom. The first-order valence-electron chi connectivity index (χ1n) is 23.1. The molecule has 0 aliphatic heterocycles. The largest absolute Gasteiger partial charge is 0.472 e. The third-order valence-corrected chi connectivity index (χ3v) is 10.9. The van der Waals surface area contributed by atoms with E-state index in [0.717, 1.165) is 51.4 Å². The maximum absolute atomic E-state index is 12.7. The predicted octanol–water partition coefficient (Wildman–Crippen LogP) is 13.1. The van der Waals surface area contributed by atoms with Gasteiger partial charge in [0.1, 0.15) is 19.8 Å². The van der Waals surface area contributed by atoms with Crippen molar-refractivity contribution >= 4 is 19.8 Å². The predicted molar refractivity (Wildman–Crippen MR) is 234 cm³/mol.